The van der Waals surface area contributed by atoms with Gasteiger partial charge in [0.05, 0.1) is 6.67 Å². The number of nitrogens with zero attached hydrogens (tertiary/aromatic N) is 2. The fourth-order valence-corrected chi connectivity index (χ4v) is 2.93. The molecule has 0 N–H and O–H groups in total. The molecule has 1 aromatic carbocycles. The van der Waals surface area contributed by atoms with E-state index < -0.39 is 0 Å². The van der Waals surface area contributed by atoms with Crippen LogP contribution >= 0.6 is 0 Å². The quantitative estimate of drug-likeness (QED) is 0.734. The molecule has 0 fully saturated rings. The minimum Gasteiger partial charge on any atom is -0.358 e. The van der Waals surface area contributed by atoms with Gasteiger partial charge in [-0.25, -0.2) is 0 Å². The van der Waals surface area contributed by atoms with Crippen LogP contribution in [-0.4, -0.2) is 25.2 Å². The van der Waals surface area contributed by atoms with Gasteiger partial charge in [-0.15, -0.1) is 0 Å². The largest absolute Gasteiger partial charge is 0.358 e. The van der Waals surface area contributed by atoms with Crippen molar-refractivity contribution in [2.45, 2.75) is 41.2 Å². The van der Waals surface area contributed by atoms with Gasteiger partial charge in [-0.3, -0.25) is 4.90 Å². The second-order valence-electron chi connectivity index (χ2n) is 5.34. The van der Waals surface area contributed by atoms with Crippen LogP contribution in [0.15, 0.2) is 0 Å². The zero-order chi connectivity index (χ0) is 12.7. The summed E-state index contributed by atoms with van der Waals surface area (Å²) in [6.07, 6.45) is 0. The van der Waals surface area contributed by atoms with Crippen LogP contribution < -0.4 is 4.90 Å². The minimum absolute atomic E-state index is 1.05. The second-order valence-corrected chi connectivity index (χ2v) is 5.34. The zero-order valence-electron chi connectivity index (χ0n) is 12.0. The molecule has 1 aliphatic rings. The Kier molecular flexibility index (Phi) is 3.17. The van der Waals surface area contributed by atoms with Crippen molar-refractivity contribution >= 4 is 5.69 Å². The third-order valence-corrected chi connectivity index (χ3v) is 4.32. The highest BCUT2D eigenvalue weighted by atomic mass is 15.3. The van der Waals surface area contributed by atoms with Gasteiger partial charge < -0.3 is 4.90 Å². The van der Waals surface area contributed by atoms with Crippen LogP contribution in [0.25, 0.3) is 0 Å². The fourth-order valence-electron chi connectivity index (χ4n) is 2.93. The molecule has 17 heavy (non-hydrogen) atoms. The molecule has 1 heterocycles. The molecule has 94 valence electrons. The van der Waals surface area contributed by atoms with Gasteiger partial charge in [-0.05, 0) is 69.5 Å². The molecule has 2 rings (SSSR count). The van der Waals surface area contributed by atoms with Gasteiger partial charge in [0.25, 0.3) is 0 Å². The van der Waals surface area contributed by atoms with E-state index in [-0.39, 0.29) is 0 Å². The van der Waals surface area contributed by atoms with Gasteiger partial charge in [0.2, 0.25) is 0 Å². The molecular weight excluding hydrogens is 208 g/mol. The van der Waals surface area contributed by atoms with Gasteiger partial charge in [-0.1, -0.05) is 0 Å². The van der Waals surface area contributed by atoms with E-state index in [2.05, 4.69) is 51.5 Å². The molecule has 0 spiro atoms. The van der Waals surface area contributed by atoms with Crippen molar-refractivity contribution in [2.75, 3.05) is 25.2 Å². The molecule has 0 aromatic heterocycles. The molecule has 2 nitrogen and oxygen atoms in total. The lowest BCUT2D eigenvalue weighted by atomic mass is 9.90. The van der Waals surface area contributed by atoms with Crippen LogP contribution in [0.2, 0.25) is 0 Å². The van der Waals surface area contributed by atoms with Crippen molar-refractivity contribution in [3.63, 3.8) is 0 Å². The summed E-state index contributed by atoms with van der Waals surface area (Å²) >= 11 is 0. The van der Waals surface area contributed by atoms with Crippen molar-refractivity contribution in [1.29, 1.82) is 0 Å². The van der Waals surface area contributed by atoms with Crippen molar-refractivity contribution in [3.8, 4) is 0 Å². The maximum Gasteiger partial charge on any atom is 0.0707 e. The first-order valence-electron chi connectivity index (χ1n) is 6.50. The molecular formula is C15H24N2. The topological polar surface area (TPSA) is 6.48 Å². The number of rotatable bonds is 1. The number of hydrogen-bond acceptors (Lipinski definition) is 2. The smallest absolute Gasteiger partial charge is 0.0707 e. The van der Waals surface area contributed by atoms with Crippen LogP contribution in [0.4, 0.5) is 5.69 Å². The summed E-state index contributed by atoms with van der Waals surface area (Å²) in [5.41, 5.74) is 8.90. The summed E-state index contributed by atoms with van der Waals surface area (Å²) in [6, 6.07) is 0. The van der Waals surface area contributed by atoms with Gasteiger partial charge >= 0.3 is 0 Å². The molecule has 0 unspecified atom stereocenters. The fraction of sp³-hybridized carbons (Fsp3) is 0.600. The summed E-state index contributed by atoms with van der Waals surface area (Å²) < 4.78 is 0. The summed E-state index contributed by atoms with van der Waals surface area (Å²) in [7, 11) is 2.20. The monoisotopic (exact) mass is 232 g/mol. The molecule has 0 amide bonds. The molecule has 0 saturated heterocycles. The van der Waals surface area contributed by atoms with Gasteiger partial charge in [0.15, 0.2) is 0 Å². The van der Waals surface area contributed by atoms with E-state index in [1.54, 1.807) is 0 Å². The van der Waals surface area contributed by atoms with E-state index in [0.29, 0.717) is 0 Å². The average molecular weight is 232 g/mol. The van der Waals surface area contributed by atoms with Gasteiger partial charge in [0.1, 0.15) is 0 Å². The first-order chi connectivity index (χ1) is 7.97. The number of anilines is 1. The summed E-state index contributed by atoms with van der Waals surface area (Å²) in [5, 5.41) is 0. The van der Waals surface area contributed by atoms with Crippen molar-refractivity contribution < 1.29 is 0 Å². The predicted molar refractivity (Wildman–Crippen MR) is 74.7 cm³/mol. The number of fused-ring (bicyclic) bond motifs is 1. The van der Waals surface area contributed by atoms with E-state index >= 15 is 0 Å². The first-order valence-corrected chi connectivity index (χ1v) is 6.50. The van der Waals surface area contributed by atoms with E-state index in [0.717, 1.165) is 19.8 Å². The van der Waals surface area contributed by atoms with Gasteiger partial charge in [0, 0.05) is 18.8 Å². The second kappa shape index (κ2) is 4.34. The van der Waals surface area contributed by atoms with Crippen LogP contribution in [-0.2, 0) is 6.54 Å². The first kappa shape index (κ1) is 12.4. The van der Waals surface area contributed by atoms with Crippen molar-refractivity contribution in [2.24, 2.45) is 0 Å². The molecule has 1 aliphatic heterocycles. The van der Waals surface area contributed by atoms with Crippen LogP contribution in [0.3, 0.4) is 0 Å². The Hall–Kier alpha value is -1.02. The summed E-state index contributed by atoms with van der Waals surface area (Å²) in [4.78, 5) is 4.89. The Labute approximate surface area is 105 Å². The Morgan fingerprint density at radius 3 is 2.12 bits per heavy atom. The van der Waals surface area contributed by atoms with Crippen LogP contribution in [0.5, 0.6) is 0 Å². The average Bonchev–Trinajstić information content (AvgIpc) is 2.32. The molecule has 1 aromatic rings. The number of benzene rings is 1. The van der Waals surface area contributed by atoms with Gasteiger partial charge in [-0.2, -0.15) is 0 Å². The highest BCUT2D eigenvalue weighted by molar-refractivity contribution is 5.67. The molecule has 0 atom stereocenters. The molecule has 0 aliphatic carbocycles. The van der Waals surface area contributed by atoms with E-state index in [9.17, 15) is 0 Å². The highest BCUT2D eigenvalue weighted by Gasteiger charge is 2.24. The van der Waals surface area contributed by atoms with E-state index in [4.69, 9.17) is 0 Å². The summed E-state index contributed by atoms with van der Waals surface area (Å²) in [5.74, 6) is 0. The lowest BCUT2D eigenvalue weighted by Gasteiger charge is -2.39. The molecule has 2 heteroatoms. The maximum absolute atomic E-state index is 2.49. The molecule has 0 saturated carbocycles. The lowest BCUT2D eigenvalue weighted by molar-refractivity contribution is 0.309. The Morgan fingerprint density at radius 2 is 1.53 bits per heavy atom. The summed E-state index contributed by atoms with van der Waals surface area (Å²) in [6.45, 7) is 14.5. The van der Waals surface area contributed by atoms with Crippen molar-refractivity contribution in [3.05, 3.63) is 27.8 Å². The van der Waals surface area contributed by atoms with E-state index in [1.165, 1.54) is 33.5 Å². The Bertz CT molecular complexity index is 449. The number of hydrogen-bond donors (Lipinski definition) is 0. The SMILES string of the molecule is CCN1CN(C)Cc2c(C)c(C)c(C)c(C)c21. The van der Waals surface area contributed by atoms with Crippen molar-refractivity contribution in [1.82, 2.24) is 4.90 Å². The Morgan fingerprint density at radius 1 is 0.941 bits per heavy atom. The normalized spacial score (nSPS) is 16.2. The van der Waals surface area contributed by atoms with E-state index in [1.807, 2.05) is 0 Å². The molecule has 0 radical (unpaired) electrons. The maximum atomic E-state index is 2.49. The highest BCUT2D eigenvalue weighted by Crippen LogP contribution is 2.36. The zero-order valence-corrected chi connectivity index (χ0v) is 12.0. The predicted octanol–water partition coefficient (Wildman–Crippen LogP) is 3.15. The third kappa shape index (κ3) is 1.85. The lowest BCUT2D eigenvalue weighted by Crippen LogP contribution is -2.41. The van der Waals surface area contributed by atoms with Crippen LogP contribution in [0.1, 0.15) is 34.7 Å². The Balaban J connectivity index is 2.69. The molecule has 0 bridgehead atoms. The standard InChI is InChI=1S/C15H24N2/c1-7-17-9-16(6)8-14-12(4)10(2)11(3)13(5)15(14)17/h7-9H2,1-6H3. The minimum atomic E-state index is 1.05. The van der Waals surface area contributed by atoms with Crippen LogP contribution in [0, 0.1) is 27.7 Å². The third-order valence-electron chi connectivity index (χ3n) is 4.32.